The van der Waals surface area contributed by atoms with Gasteiger partial charge in [-0.25, -0.2) is 4.39 Å². The van der Waals surface area contributed by atoms with Gasteiger partial charge in [-0.3, -0.25) is 4.79 Å². The molecule has 0 unspecified atom stereocenters. The zero-order chi connectivity index (χ0) is 17.4. The summed E-state index contributed by atoms with van der Waals surface area (Å²) in [5.41, 5.74) is -1.17. The van der Waals surface area contributed by atoms with Crippen LogP contribution in [0.15, 0.2) is 34.8 Å². The number of hydrogen-bond donors (Lipinski definition) is 2. The summed E-state index contributed by atoms with van der Waals surface area (Å²) >= 11 is 8.46. The zero-order valence-electron chi connectivity index (χ0n) is 11.0. The zero-order valence-corrected chi connectivity index (χ0v) is 13.4. The first-order chi connectivity index (χ1) is 10.6. The summed E-state index contributed by atoms with van der Waals surface area (Å²) in [6.07, 6.45) is -4.52. The first-order valence-corrected chi connectivity index (χ1v) is 7.13. The van der Waals surface area contributed by atoms with Crippen LogP contribution in [0.25, 0.3) is 0 Å². The van der Waals surface area contributed by atoms with Crippen LogP contribution in [0.5, 0.6) is 5.75 Å². The van der Waals surface area contributed by atoms with Gasteiger partial charge in [0.1, 0.15) is 11.6 Å². The molecule has 2 rings (SSSR count). The monoisotopic (exact) mass is 411 g/mol. The molecule has 0 saturated carbocycles. The quantitative estimate of drug-likeness (QED) is 0.665. The number of phenols is 1. The van der Waals surface area contributed by atoms with Crippen LogP contribution in [0.3, 0.4) is 0 Å². The normalized spacial score (nSPS) is 11.4. The number of rotatable bonds is 2. The highest BCUT2D eigenvalue weighted by Gasteiger charge is 2.31. The number of alkyl halides is 3. The van der Waals surface area contributed by atoms with Crippen molar-refractivity contribution < 1.29 is 27.5 Å². The van der Waals surface area contributed by atoms with Gasteiger partial charge < -0.3 is 10.4 Å². The van der Waals surface area contributed by atoms with E-state index in [9.17, 15) is 27.5 Å². The lowest BCUT2D eigenvalue weighted by atomic mass is 10.1. The van der Waals surface area contributed by atoms with Crippen LogP contribution in [-0.2, 0) is 6.18 Å². The second-order valence-corrected chi connectivity index (χ2v) is 5.69. The fourth-order valence-corrected chi connectivity index (χ4v) is 2.34. The summed E-state index contributed by atoms with van der Waals surface area (Å²) in [5, 5.41) is 11.5. The van der Waals surface area contributed by atoms with Crippen LogP contribution < -0.4 is 5.32 Å². The van der Waals surface area contributed by atoms with E-state index < -0.39 is 29.2 Å². The van der Waals surface area contributed by atoms with E-state index in [4.69, 9.17) is 11.6 Å². The van der Waals surface area contributed by atoms with Crippen molar-refractivity contribution in [3.63, 3.8) is 0 Å². The van der Waals surface area contributed by atoms with E-state index in [2.05, 4.69) is 21.2 Å². The van der Waals surface area contributed by atoms with Crippen molar-refractivity contribution in [3.05, 3.63) is 56.8 Å². The predicted molar refractivity (Wildman–Crippen MR) is 80.2 cm³/mol. The number of nitrogens with one attached hydrogen (secondary N) is 1. The van der Waals surface area contributed by atoms with Crippen molar-refractivity contribution in [2.24, 2.45) is 0 Å². The smallest absolute Gasteiger partial charge is 0.416 e. The molecule has 0 radical (unpaired) electrons. The van der Waals surface area contributed by atoms with Crippen molar-refractivity contribution in [3.8, 4) is 5.75 Å². The molecule has 23 heavy (non-hydrogen) atoms. The van der Waals surface area contributed by atoms with Gasteiger partial charge >= 0.3 is 6.18 Å². The largest absolute Gasteiger partial charge is 0.507 e. The number of benzene rings is 2. The molecule has 0 aliphatic carbocycles. The van der Waals surface area contributed by atoms with Gasteiger partial charge in [-0.1, -0.05) is 11.6 Å². The first-order valence-electron chi connectivity index (χ1n) is 5.95. The van der Waals surface area contributed by atoms with Gasteiger partial charge in [-0.05, 0) is 40.2 Å². The molecule has 0 atom stereocenters. The van der Waals surface area contributed by atoms with E-state index in [1.807, 2.05) is 0 Å². The van der Waals surface area contributed by atoms with Gasteiger partial charge in [-0.2, -0.15) is 13.2 Å². The van der Waals surface area contributed by atoms with E-state index in [0.717, 1.165) is 24.3 Å². The standard InChI is InChI=1S/C14H7BrClF4NO2/c15-8-3-6(14(18,19)20)1-2-11(8)21-13(23)7-4-9(16)10(17)5-12(7)22/h1-5,22H,(H,21,23). The van der Waals surface area contributed by atoms with Gasteiger partial charge in [-0.15, -0.1) is 0 Å². The SMILES string of the molecule is O=C(Nc1ccc(C(F)(F)F)cc1Br)c1cc(Cl)c(F)cc1O. The summed E-state index contributed by atoms with van der Waals surface area (Å²) in [5.74, 6) is -2.41. The molecule has 9 heteroatoms. The highest BCUT2D eigenvalue weighted by Crippen LogP contribution is 2.34. The molecule has 3 nitrogen and oxygen atoms in total. The molecule has 122 valence electrons. The Morgan fingerprint density at radius 1 is 1.22 bits per heavy atom. The van der Waals surface area contributed by atoms with E-state index in [1.54, 1.807) is 0 Å². The lowest BCUT2D eigenvalue weighted by Crippen LogP contribution is -2.13. The second-order valence-electron chi connectivity index (χ2n) is 4.43. The topological polar surface area (TPSA) is 49.3 Å². The number of phenolic OH excluding ortho intramolecular Hbond substituents is 1. The summed E-state index contributed by atoms with van der Waals surface area (Å²) in [4.78, 5) is 12.0. The maximum Gasteiger partial charge on any atom is 0.416 e. The summed E-state index contributed by atoms with van der Waals surface area (Å²) < 4.78 is 50.8. The Kier molecular flexibility index (Phi) is 4.86. The molecular weight excluding hydrogens is 406 g/mol. The van der Waals surface area contributed by atoms with Gasteiger partial charge in [0.15, 0.2) is 0 Å². The van der Waals surface area contributed by atoms with Crippen molar-refractivity contribution in [1.82, 2.24) is 0 Å². The number of carbonyl (C=O) groups excluding carboxylic acids is 1. The van der Waals surface area contributed by atoms with Crippen molar-refractivity contribution >= 4 is 39.1 Å². The number of hydrogen-bond acceptors (Lipinski definition) is 2. The Balaban J connectivity index is 2.29. The molecule has 2 aromatic carbocycles. The maximum atomic E-state index is 13.1. The molecule has 2 N–H and O–H groups in total. The number of anilines is 1. The van der Waals surface area contributed by atoms with Crippen LogP contribution in [0.2, 0.25) is 5.02 Å². The number of carbonyl (C=O) groups is 1. The molecule has 0 aliphatic rings. The van der Waals surface area contributed by atoms with Crippen LogP contribution >= 0.6 is 27.5 Å². The molecule has 0 saturated heterocycles. The molecule has 0 fully saturated rings. The predicted octanol–water partition coefficient (Wildman–Crippen LogP) is 5.22. The average molecular weight is 413 g/mol. The summed E-state index contributed by atoms with van der Waals surface area (Å²) in [6.45, 7) is 0. The first kappa shape index (κ1) is 17.6. The van der Waals surface area contributed by atoms with E-state index in [0.29, 0.717) is 6.07 Å². The molecule has 0 spiro atoms. The molecule has 0 bridgehead atoms. The van der Waals surface area contributed by atoms with Gasteiger partial charge in [0.05, 0.1) is 21.8 Å². The van der Waals surface area contributed by atoms with Crippen molar-refractivity contribution in [2.45, 2.75) is 6.18 Å². The third kappa shape index (κ3) is 3.94. The van der Waals surface area contributed by atoms with Gasteiger partial charge in [0.2, 0.25) is 0 Å². The summed E-state index contributed by atoms with van der Waals surface area (Å²) in [6, 6.07) is 4.22. The van der Waals surface area contributed by atoms with E-state index >= 15 is 0 Å². The Labute approximate surface area is 141 Å². The third-order valence-electron chi connectivity index (χ3n) is 2.83. The number of halogens is 6. The van der Waals surface area contributed by atoms with E-state index in [-0.39, 0.29) is 20.7 Å². The molecule has 1 amide bonds. The lowest BCUT2D eigenvalue weighted by Gasteiger charge is -2.12. The van der Waals surface area contributed by atoms with Gasteiger partial charge in [0, 0.05) is 10.5 Å². The molecule has 0 aromatic heterocycles. The Morgan fingerprint density at radius 3 is 2.43 bits per heavy atom. The van der Waals surface area contributed by atoms with Gasteiger partial charge in [0.25, 0.3) is 5.91 Å². The highest BCUT2D eigenvalue weighted by molar-refractivity contribution is 9.10. The van der Waals surface area contributed by atoms with Crippen molar-refractivity contribution in [1.29, 1.82) is 0 Å². The Bertz CT molecular complexity index is 780. The second kappa shape index (κ2) is 6.37. The average Bonchev–Trinajstić information content (AvgIpc) is 2.43. The molecule has 2 aromatic rings. The Morgan fingerprint density at radius 2 is 1.87 bits per heavy atom. The third-order valence-corrected chi connectivity index (χ3v) is 3.77. The minimum absolute atomic E-state index is 0.00614. The number of aromatic hydroxyl groups is 1. The lowest BCUT2D eigenvalue weighted by molar-refractivity contribution is -0.137. The molecular formula is C14H7BrClF4NO2. The fourth-order valence-electron chi connectivity index (χ4n) is 1.70. The van der Waals surface area contributed by atoms with Crippen LogP contribution in [-0.4, -0.2) is 11.0 Å². The minimum atomic E-state index is -4.52. The van der Waals surface area contributed by atoms with Crippen LogP contribution in [0, 0.1) is 5.82 Å². The maximum absolute atomic E-state index is 13.1. The molecule has 0 heterocycles. The van der Waals surface area contributed by atoms with E-state index in [1.165, 1.54) is 0 Å². The van der Waals surface area contributed by atoms with Crippen LogP contribution in [0.1, 0.15) is 15.9 Å². The fraction of sp³-hybridized carbons (Fsp3) is 0.0714. The number of amides is 1. The summed E-state index contributed by atoms with van der Waals surface area (Å²) in [7, 11) is 0. The Hall–Kier alpha value is -1.80. The minimum Gasteiger partial charge on any atom is -0.507 e. The highest BCUT2D eigenvalue weighted by atomic mass is 79.9. The van der Waals surface area contributed by atoms with Crippen molar-refractivity contribution in [2.75, 3.05) is 5.32 Å². The van der Waals surface area contributed by atoms with Crippen LogP contribution in [0.4, 0.5) is 23.2 Å². The molecule has 0 aliphatic heterocycles.